The summed E-state index contributed by atoms with van der Waals surface area (Å²) in [5, 5.41) is 14.2. The molecule has 0 aliphatic carbocycles. The number of hydrogen-bond acceptors (Lipinski definition) is 4. The van der Waals surface area contributed by atoms with Crippen molar-refractivity contribution in [2.24, 2.45) is 5.92 Å². The van der Waals surface area contributed by atoms with E-state index in [4.69, 9.17) is 4.74 Å². The zero-order valence-corrected chi connectivity index (χ0v) is 12.7. The first-order valence-electron chi connectivity index (χ1n) is 7.16. The molecule has 0 bridgehead atoms. The van der Waals surface area contributed by atoms with Crippen molar-refractivity contribution >= 4 is 11.4 Å². The van der Waals surface area contributed by atoms with E-state index in [-0.39, 0.29) is 11.8 Å². The molecule has 1 rings (SSSR count). The van der Waals surface area contributed by atoms with Gasteiger partial charge in [-0.3, -0.25) is 10.1 Å². The van der Waals surface area contributed by atoms with Gasteiger partial charge < -0.3 is 10.1 Å². The number of non-ortho nitro benzene ring substituents is 1. The van der Waals surface area contributed by atoms with E-state index < -0.39 is 4.92 Å². The van der Waals surface area contributed by atoms with Crippen molar-refractivity contribution in [2.75, 3.05) is 11.9 Å². The predicted octanol–water partition coefficient (Wildman–Crippen LogP) is 4.23. The third kappa shape index (κ3) is 5.07. The lowest BCUT2D eigenvalue weighted by Gasteiger charge is -2.16. The summed E-state index contributed by atoms with van der Waals surface area (Å²) in [6.07, 6.45) is 2.17. The maximum atomic E-state index is 11.0. The molecule has 0 amide bonds. The SMILES string of the molecule is CCC(CC)CNc1cc(OC(C)C)cc([N+](=O)[O-])c1. The molecule has 0 fully saturated rings. The number of nitro benzene ring substituents is 1. The van der Waals surface area contributed by atoms with Crippen LogP contribution in [0.15, 0.2) is 18.2 Å². The molecule has 5 nitrogen and oxygen atoms in total. The number of nitrogens with zero attached hydrogens (tertiary/aromatic N) is 1. The van der Waals surface area contributed by atoms with Gasteiger partial charge in [-0.25, -0.2) is 0 Å². The molecule has 5 heteroatoms. The molecule has 0 saturated heterocycles. The molecule has 0 saturated carbocycles. The molecule has 0 aliphatic heterocycles. The number of anilines is 1. The smallest absolute Gasteiger partial charge is 0.275 e. The van der Waals surface area contributed by atoms with Crippen molar-refractivity contribution in [1.29, 1.82) is 0 Å². The van der Waals surface area contributed by atoms with Crippen molar-refractivity contribution in [3.05, 3.63) is 28.3 Å². The Labute approximate surface area is 120 Å². The van der Waals surface area contributed by atoms with Crippen LogP contribution in [0.1, 0.15) is 40.5 Å². The van der Waals surface area contributed by atoms with Gasteiger partial charge >= 0.3 is 0 Å². The van der Waals surface area contributed by atoms with Gasteiger partial charge in [-0.15, -0.1) is 0 Å². The van der Waals surface area contributed by atoms with Gasteiger partial charge in [0.1, 0.15) is 5.75 Å². The summed E-state index contributed by atoms with van der Waals surface area (Å²) in [6.45, 7) is 8.91. The van der Waals surface area contributed by atoms with Crippen molar-refractivity contribution in [1.82, 2.24) is 0 Å². The quantitative estimate of drug-likeness (QED) is 0.571. The first-order chi connectivity index (χ1) is 9.46. The summed E-state index contributed by atoms with van der Waals surface area (Å²) in [5.74, 6) is 1.10. The van der Waals surface area contributed by atoms with Gasteiger partial charge in [0.05, 0.1) is 17.1 Å². The highest BCUT2D eigenvalue weighted by atomic mass is 16.6. The largest absolute Gasteiger partial charge is 0.491 e. The first kappa shape index (κ1) is 16.3. The monoisotopic (exact) mass is 280 g/mol. The van der Waals surface area contributed by atoms with Gasteiger partial charge in [-0.05, 0) is 19.8 Å². The van der Waals surface area contributed by atoms with Crippen LogP contribution in [0.2, 0.25) is 0 Å². The van der Waals surface area contributed by atoms with Crippen LogP contribution in [0.5, 0.6) is 5.75 Å². The third-order valence-electron chi connectivity index (χ3n) is 3.22. The molecule has 1 aromatic carbocycles. The summed E-state index contributed by atoms with van der Waals surface area (Å²) >= 11 is 0. The summed E-state index contributed by atoms with van der Waals surface area (Å²) in [7, 11) is 0. The Bertz CT molecular complexity index is 443. The Balaban J connectivity index is 2.88. The Morgan fingerprint density at radius 2 is 1.90 bits per heavy atom. The van der Waals surface area contributed by atoms with Gasteiger partial charge in [-0.2, -0.15) is 0 Å². The molecule has 112 valence electrons. The average molecular weight is 280 g/mol. The first-order valence-corrected chi connectivity index (χ1v) is 7.16. The maximum Gasteiger partial charge on any atom is 0.275 e. The second-order valence-electron chi connectivity index (χ2n) is 5.20. The predicted molar refractivity (Wildman–Crippen MR) is 81.4 cm³/mol. The molecule has 0 spiro atoms. The van der Waals surface area contributed by atoms with Crippen LogP contribution < -0.4 is 10.1 Å². The standard InChI is InChI=1S/C15H24N2O3/c1-5-12(6-2)10-16-13-7-14(17(18)19)9-15(8-13)20-11(3)4/h7-9,11-12,16H,5-6,10H2,1-4H3. The Kier molecular flexibility index (Phi) is 6.28. The fourth-order valence-corrected chi connectivity index (χ4v) is 1.97. The summed E-state index contributed by atoms with van der Waals surface area (Å²) < 4.78 is 5.56. The van der Waals surface area contributed by atoms with Gasteiger partial charge in [0.25, 0.3) is 5.69 Å². The van der Waals surface area contributed by atoms with E-state index in [1.54, 1.807) is 6.07 Å². The van der Waals surface area contributed by atoms with E-state index in [1.807, 2.05) is 19.9 Å². The van der Waals surface area contributed by atoms with E-state index in [0.717, 1.165) is 25.1 Å². The average Bonchev–Trinajstić information content (AvgIpc) is 2.38. The van der Waals surface area contributed by atoms with Gasteiger partial charge in [0, 0.05) is 24.4 Å². The molecule has 0 aromatic heterocycles. The number of rotatable bonds is 8. The molecular formula is C15H24N2O3. The lowest BCUT2D eigenvalue weighted by Crippen LogP contribution is -2.13. The zero-order valence-electron chi connectivity index (χ0n) is 12.7. The maximum absolute atomic E-state index is 11.0. The van der Waals surface area contributed by atoms with Crippen LogP contribution in [0.25, 0.3) is 0 Å². The lowest BCUT2D eigenvalue weighted by atomic mass is 10.0. The van der Waals surface area contributed by atoms with E-state index in [0.29, 0.717) is 11.7 Å². The number of nitro groups is 1. The molecule has 0 unspecified atom stereocenters. The van der Waals surface area contributed by atoms with Gasteiger partial charge in [0.15, 0.2) is 0 Å². The molecule has 0 aliphatic rings. The van der Waals surface area contributed by atoms with E-state index >= 15 is 0 Å². The van der Waals surface area contributed by atoms with E-state index in [9.17, 15) is 10.1 Å². The van der Waals surface area contributed by atoms with E-state index in [2.05, 4.69) is 19.2 Å². The Morgan fingerprint density at radius 1 is 1.25 bits per heavy atom. The minimum absolute atomic E-state index is 0.0103. The third-order valence-corrected chi connectivity index (χ3v) is 3.22. The molecule has 1 N–H and O–H groups in total. The number of hydrogen-bond donors (Lipinski definition) is 1. The second-order valence-corrected chi connectivity index (χ2v) is 5.20. The minimum Gasteiger partial charge on any atom is -0.491 e. The molecule has 0 heterocycles. The van der Waals surface area contributed by atoms with Crippen LogP contribution in [0.4, 0.5) is 11.4 Å². The highest BCUT2D eigenvalue weighted by Gasteiger charge is 2.12. The van der Waals surface area contributed by atoms with Crippen LogP contribution >= 0.6 is 0 Å². The van der Waals surface area contributed by atoms with Gasteiger partial charge in [-0.1, -0.05) is 26.7 Å². The fraction of sp³-hybridized carbons (Fsp3) is 0.600. The van der Waals surface area contributed by atoms with Crippen LogP contribution in [0, 0.1) is 16.0 Å². The minimum atomic E-state index is -0.393. The Hall–Kier alpha value is -1.78. The molecular weight excluding hydrogens is 256 g/mol. The fourth-order valence-electron chi connectivity index (χ4n) is 1.97. The van der Waals surface area contributed by atoms with Crippen molar-refractivity contribution in [3.63, 3.8) is 0 Å². The summed E-state index contributed by atoms with van der Waals surface area (Å²) in [6, 6.07) is 4.83. The van der Waals surface area contributed by atoms with Crippen LogP contribution in [-0.2, 0) is 0 Å². The van der Waals surface area contributed by atoms with Crippen LogP contribution in [-0.4, -0.2) is 17.6 Å². The summed E-state index contributed by atoms with van der Waals surface area (Å²) in [5.41, 5.74) is 0.789. The zero-order chi connectivity index (χ0) is 15.1. The van der Waals surface area contributed by atoms with E-state index in [1.165, 1.54) is 6.07 Å². The molecule has 1 aromatic rings. The van der Waals surface area contributed by atoms with Crippen molar-refractivity contribution in [3.8, 4) is 5.75 Å². The number of benzene rings is 1. The summed E-state index contributed by atoms with van der Waals surface area (Å²) in [4.78, 5) is 10.6. The highest BCUT2D eigenvalue weighted by molar-refractivity contribution is 5.56. The second kappa shape index (κ2) is 7.72. The van der Waals surface area contributed by atoms with Crippen molar-refractivity contribution < 1.29 is 9.66 Å². The van der Waals surface area contributed by atoms with Gasteiger partial charge in [0.2, 0.25) is 0 Å². The number of ether oxygens (including phenoxy) is 1. The normalized spacial score (nSPS) is 10.9. The lowest BCUT2D eigenvalue weighted by molar-refractivity contribution is -0.384. The number of nitrogens with one attached hydrogen (secondary N) is 1. The van der Waals surface area contributed by atoms with Crippen molar-refractivity contribution in [2.45, 2.75) is 46.6 Å². The molecule has 20 heavy (non-hydrogen) atoms. The Morgan fingerprint density at radius 3 is 2.40 bits per heavy atom. The molecule has 0 radical (unpaired) electrons. The highest BCUT2D eigenvalue weighted by Crippen LogP contribution is 2.27. The van der Waals surface area contributed by atoms with Crippen LogP contribution in [0.3, 0.4) is 0 Å². The topological polar surface area (TPSA) is 64.4 Å². The molecule has 0 atom stereocenters.